The molecule has 0 fully saturated rings. The number of nitrogens with zero attached hydrogens (tertiary/aromatic N) is 2. The highest BCUT2D eigenvalue weighted by atomic mass is 32.1. The Morgan fingerprint density at radius 2 is 1.93 bits per heavy atom. The van der Waals surface area contributed by atoms with Gasteiger partial charge in [-0.05, 0) is 42.3 Å². The molecule has 0 saturated carbocycles. The number of carbonyl (C=O) groups excluding carboxylic acids is 2. The molecule has 0 spiro atoms. The Morgan fingerprint density at radius 3 is 2.66 bits per heavy atom. The van der Waals surface area contributed by atoms with Crippen molar-refractivity contribution in [3.63, 3.8) is 0 Å². The summed E-state index contributed by atoms with van der Waals surface area (Å²) in [5.41, 5.74) is 0.578. The average molecular weight is 415 g/mol. The largest absolute Gasteiger partial charge is 0.491 e. The van der Waals surface area contributed by atoms with Gasteiger partial charge in [-0.1, -0.05) is 32.0 Å². The van der Waals surface area contributed by atoms with Crippen molar-refractivity contribution in [3.05, 3.63) is 52.2 Å². The van der Waals surface area contributed by atoms with Crippen molar-refractivity contribution in [1.29, 1.82) is 0 Å². The fourth-order valence-corrected chi connectivity index (χ4v) is 4.36. The minimum Gasteiger partial charge on any atom is -0.491 e. The molecule has 1 aromatic carbocycles. The SMILES string of the molecule is CC(C)[C@H]1COc2ccccc2C(=O)N(C)CCCCN1C(=O)Cc1cccs1. The molecule has 2 aromatic rings. The summed E-state index contributed by atoms with van der Waals surface area (Å²) in [5.74, 6) is 0.953. The van der Waals surface area contributed by atoms with Crippen molar-refractivity contribution in [2.45, 2.75) is 39.2 Å². The molecule has 5 nitrogen and oxygen atoms in total. The van der Waals surface area contributed by atoms with Crippen molar-refractivity contribution in [1.82, 2.24) is 9.80 Å². The van der Waals surface area contributed by atoms with Gasteiger partial charge in [0.2, 0.25) is 5.91 Å². The van der Waals surface area contributed by atoms with Gasteiger partial charge in [0.25, 0.3) is 5.91 Å². The van der Waals surface area contributed by atoms with Crippen molar-refractivity contribution in [2.75, 3.05) is 26.7 Å². The summed E-state index contributed by atoms with van der Waals surface area (Å²) in [5, 5.41) is 2.01. The highest BCUT2D eigenvalue weighted by molar-refractivity contribution is 7.10. The molecule has 29 heavy (non-hydrogen) atoms. The van der Waals surface area contributed by atoms with Crippen molar-refractivity contribution in [3.8, 4) is 5.75 Å². The second kappa shape index (κ2) is 9.92. The number of amides is 2. The van der Waals surface area contributed by atoms with Gasteiger partial charge in [0.1, 0.15) is 12.4 Å². The molecule has 6 heteroatoms. The predicted molar refractivity (Wildman–Crippen MR) is 116 cm³/mol. The Labute approximate surface area is 177 Å². The first-order valence-corrected chi connectivity index (χ1v) is 11.1. The van der Waals surface area contributed by atoms with Crippen LogP contribution in [0.15, 0.2) is 41.8 Å². The number of hydrogen-bond acceptors (Lipinski definition) is 4. The third-order valence-corrected chi connectivity index (χ3v) is 6.29. The quantitative estimate of drug-likeness (QED) is 0.760. The summed E-state index contributed by atoms with van der Waals surface area (Å²) in [6.07, 6.45) is 2.15. The van der Waals surface area contributed by atoms with E-state index in [1.165, 1.54) is 0 Å². The van der Waals surface area contributed by atoms with Crippen LogP contribution in [0.1, 0.15) is 41.9 Å². The Kier molecular flexibility index (Phi) is 7.31. The van der Waals surface area contributed by atoms with Crippen LogP contribution in [0.3, 0.4) is 0 Å². The van der Waals surface area contributed by atoms with Gasteiger partial charge in [0.05, 0.1) is 18.0 Å². The first-order chi connectivity index (χ1) is 14.0. The molecule has 0 saturated heterocycles. The molecule has 2 amide bonds. The molecule has 2 heterocycles. The predicted octanol–water partition coefficient (Wildman–Crippen LogP) is 4.09. The lowest BCUT2D eigenvalue weighted by atomic mass is 10.0. The van der Waals surface area contributed by atoms with Gasteiger partial charge in [0.15, 0.2) is 0 Å². The van der Waals surface area contributed by atoms with E-state index in [1.54, 1.807) is 16.2 Å². The third-order valence-electron chi connectivity index (χ3n) is 5.41. The smallest absolute Gasteiger partial charge is 0.257 e. The van der Waals surface area contributed by atoms with Crippen LogP contribution in [-0.4, -0.2) is 54.4 Å². The molecule has 0 radical (unpaired) electrons. The summed E-state index contributed by atoms with van der Waals surface area (Å²) in [6.45, 7) is 5.96. The first-order valence-electron chi connectivity index (χ1n) is 10.3. The molecule has 1 aromatic heterocycles. The third kappa shape index (κ3) is 5.38. The maximum atomic E-state index is 13.2. The molecule has 0 bridgehead atoms. The summed E-state index contributed by atoms with van der Waals surface area (Å²) in [7, 11) is 1.82. The molecule has 1 atom stereocenters. The molecule has 1 aliphatic rings. The zero-order valence-corrected chi connectivity index (χ0v) is 18.3. The van der Waals surface area contributed by atoms with Crippen LogP contribution in [-0.2, 0) is 11.2 Å². The Morgan fingerprint density at radius 1 is 1.17 bits per heavy atom. The average Bonchev–Trinajstić information content (AvgIpc) is 3.21. The Bertz CT molecular complexity index is 819. The number of fused-ring (bicyclic) bond motifs is 1. The first kappa shape index (κ1) is 21.4. The summed E-state index contributed by atoms with van der Waals surface area (Å²) in [4.78, 5) is 30.8. The van der Waals surface area contributed by atoms with Gasteiger partial charge >= 0.3 is 0 Å². The molecule has 3 rings (SSSR count). The second-order valence-electron chi connectivity index (χ2n) is 7.90. The van der Waals surface area contributed by atoms with Crippen LogP contribution in [0.25, 0.3) is 0 Å². The topological polar surface area (TPSA) is 49.9 Å². The highest BCUT2D eigenvalue weighted by Crippen LogP contribution is 2.23. The van der Waals surface area contributed by atoms with Gasteiger partial charge in [0, 0.05) is 25.0 Å². The summed E-state index contributed by atoms with van der Waals surface area (Å²) < 4.78 is 6.13. The van der Waals surface area contributed by atoms with Crippen molar-refractivity contribution in [2.24, 2.45) is 5.92 Å². The fraction of sp³-hybridized carbons (Fsp3) is 0.478. The van der Waals surface area contributed by atoms with E-state index in [0.29, 0.717) is 37.4 Å². The van der Waals surface area contributed by atoms with Crippen LogP contribution in [0.5, 0.6) is 5.75 Å². The Hall–Kier alpha value is -2.34. The number of hydrogen-bond donors (Lipinski definition) is 0. The summed E-state index contributed by atoms with van der Waals surface area (Å²) in [6, 6.07) is 11.3. The van der Waals surface area contributed by atoms with Crippen LogP contribution < -0.4 is 4.74 Å². The van der Waals surface area contributed by atoms with E-state index in [-0.39, 0.29) is 23.8 Å². The van der Waals surface area contributed by atoms with E-state index in [2.05, 4.69) is 13.8 Å². The van der Waals surface area contributed by atoms with E-state index in [4.69, 9.17) is 4.74 Å². The monoisotopic (exact) mass is 414 g/mol. The molecule has 0 aliphatic carbocycles. The maximum absolute atomic E-state index is 13.2. The minimum atomic E-state index is -0.0391. The van der Waals surface area contributed by atoms with Crippen LogP contribution in [0.2, 0.25) is 0 Å². The number of benzene rings is 1. The number of para-hydroxylation sites is 1. The summed E-state index contributed by atoms with van der Waals surface area (Å²) >= 11 is 1.62. The minimum absolute atomic E-state index is 0.0205. The fourth-order valence-electron chi connectivity index (χ4n) is 3.66. The van der Waals surface area contributed by atoms with E-state index in [1.807, 2.05) is 53.7 Å². The van der Waals surface area contributed by atoms with Gasteiger partial charge in [-0.15, -0.1) is 11.3 Å². The van der Waals surface area contributed by atoms with E-state index in [9.17, 15) is 9.59 Å². The molecule has 0 unspecified atom stereocenters. The number of ether oxygens (including phenoxy) is 1. The Balaban J connectivity index is 1.86. The van der Waals surface area contributed by atoms with Gasteiger partial charge in [-0.25, -0.2) is 0 Å². The lowest BCUT2D eigenvalue weighted by Crippen LogP contribution is -2.48. The highest BCUT2D eigenvalue weighted by Gasteiger charge is 2.28. The van der Waals surface area contributed by atoms with Gasteiger partial charge in [-0.3, -0.25) is 9.59 Å². The molecule has 0 N–H and O–H groups in total. The number of carbonyl (C=O) groups is 2. The second-order valence-corrected chi connectivity index (χ2v) is 8.93. The van der Waals surface area contributed by atoms with Crippen molar-refractivity contribution >= 4 is 23.2 Å². The lowest BCUT2D eigenvalue weighted by Gasteiger charge is -2.35. The zero-order valence-electron chi connectivity index (χ0n) is 17.5. The molecular weight excluding hydrogens is 384 g/mol. The zero-order chi connectivity index (χ0) is 20.8. The van der Waals surface area contributed by atoms with Crippen LogP contribution in [0.4, 0.5) is 0 Å². The van der Waals surface area contributed by atoms with Crippen molar-refractivity contribution < 1.29 is 14.3 Å². The van der Waals surface area contributed by atoms with Gasteiger partial charge < -0.3 is 14.5 Å². The van der Waals surface area contributed by atoms with E-state index in [0.717, 1.165) is 17.7 Å². The molecular formula is C23H30N2O3S. The van der Waals surface area contributed by atoms with Crippen LogP contribution >= 0.6 is 11.3 Å². The molecule has 156 valence electrons. The number of rotatable bonds is 3. The van der Waals surface area contributed by atoms with E-state index >= 15 is 0 Å². The standard InChI is InChI=1S/C23H30N2O3S/c1-17(2)20-16-28-21-11-5-4-10-19(21)23(27)24(3)12-6-7-13-25(20)22(26)15-18-9-8-14-29-18/h4-5,8-11,14,17,20H,6-7,12-13,15-16H2,1-3H3/t20-/m1/s1. The lowest BCUT2D eigenvalue weighted by molar-refractivity contribution is -0.134. The normalized spacial score (nSPS) is 18.6. The number of thiophene rings is 1. The van der Waals surface area contributed by atoms with Gasteiger partial charge in [-0.2, -0.15) is 0 Å². The van der Waals surface area contributed by atoms with Crippen LogP contribution in [0, 0.1) is 5.92 Å². The maximum Gasteiger partial charge on any atom is 0.257 e. The molecule has 1 aliphatic heterocycles. The van der Waals surface area contributed by atoms with E-state index < -0.39 is 0 Å².